The fourth-order valence-corrected chi connectivity index (χ4v) is 2.09. The van der Waals surface area contributed by atoms with E-state index in [4.69, 9.17) is 5.11 Å². The molecule has 11 heavy (non-hydrogen) atoms. The molecule has 1 N–H and O–H groups in total. The van der Waals surface area contributed by atoms with Crippen molar-refractivity contribution >= 4 is 11.8 Å². The summed E-state index contributed by atoms with van der Waals surface area (Å²) < 4.78 is 0.262. The van der Waals surface area contributed by atoms with E-state index < -0.39 is 0 Å². The van der Waals surface area contributed by atoms with Gasteiger partial charge in [0.15, 0.2) is 0 Å². The van der Waals surface area contributed by atoms with Gasteiger partial charge < -0.3 is 5.11 Å². The highest BCUT2D eigenvalue weighted by Gasteiger charge is 2.20. The molecular formula is C9H20OS. The van der Waals surface area contributed by atoms with E-state index in [1.54, 1.807) is 0 Å². The van der Waals surface area contributed by atoms with Crippen LogP contribution in [-0.2, 0) is 0 Å². The van der Waals surface area contributed by atoms with Crippen molar-refractivity contribution < 1.29 is 5.11 Å². The molecule has 1 atom stereocenters. The van der Waals surface area contributed by atoms with Crippen LogP contribution in [0.1, 0.15) is 34.6 Å². The van der Waals surface area contributed by atoms with Gasteiger partial charge in [-0.05, 0) is 5.92 Å². The highest BCUT2D eigenvalue weighted by Crippen LogP contribution is 2.31. The van der Waals surface area contributed by atoms with Crippen LogP contribution >= 0.6 is 11.8 Å². The van der Waals surface area contributed by atoms with Crippen LogP contribution in [0.3, 0.4) is 0 Å². The Kier molecular flexibility index (Phi) is 4.49. The van der Waals surface area contributed by atoms with E-state index in [9.17, 15) is 0 Å². The Morgan fingerprint density at radius 1 is 1.27 bits per heavy atom. The van der Waals surface area contributed by atoms with Gasteiger partial charge in [-0.1, -0.05) is 34.6 Å². The molecule has 0 heterocycles. The predicted molar refractivity (Wildman–Crippen MR) is 53.1 cm³/mol. The molecule has 0 aliphatic carbocycles. The lowest BCUT2D eigenvalue weighted by Gasteiger charge is -2.26. The summed E-state index contributed by atoms with van der Waals surface area (Å²) >= 11 is 1.86. The van der Waals surface area contributed by atoms with Crippen molar-refractivity contribution in [1.82, 2.24) is 0 Å². The Morgan fingerprint density at radius 2 is 1.73 bits per heavy atom. The number of thioether (sulfide) groups is 1. The zero-order chi connectivity index (χ0) is 9.07. The van der Waals surface area contributed by atoms with E-state index in [0.29, 0.717) is 17.8 Å². The molecule has 0 fully saturated rings. The lowest BCUT2D eigenvalue weighted by Crippen LogP contribution is -2.23. The maximum atomic E-state index is 9.04. The molecule has 68 valence electrons. The Labute approximate surface area is 74.6 Å². The summed E-state index contributed by atoms with van der Waals surface area (Å²) in [5.41, 5.74) is 0. The van der Waals surface area contributed by atoms with Gasteiger partial charge >= 0.3 is 0 Å². The minimum Gasteiger partial charge on any atom is -0.395 e. The first-order valence-electron chi connectivity index (χ1n) is 4.15. The first kappa shape index (κ1) is 11.3. The van der Waals surface area contributed by atoms with Gasteiger partial charge in [0, 0.05) is 10.00 Å². The van der Waals surface area contributed by atoms with E-state index in [0.717, 1.165) is 0 Å². The fraction of sp³-hybridized carbons (Fsp3) is 1.00. The van der Waals surface area contributed by atoms with Crippen LogP contribution in [-0.4, -0.2) is 21.7 Å². The molecule has 2 heteroatoms. The SMILES string of the molecule is CC(C)[C@@H](CO)SC(C)(C)C. The number of aliphatic hydroxyl groups excluding tert-OH is 1. The second-order valence-corrected chi connectivity index (χ2v) is 6.26. The normalized spacial score (nSPS) is 15.5. The second kappa shape index (κ2) is 4.36. The van der Waals surface area contributed by atoms with Crippen molar-refractivity contribution in [3.63, 3.8) is 0 Å². The van der Waals surface area contributed by atoms with Gasteiger partial charge in [0.25, 0.3) is 0 Å². The molecular weight excluding hydrogens is 156 g/mol. The molecule has 0 bridgehead atoms. The molecule has 0 amide bonds. The molecule has 0 saturated carbocycles. The third kappa shape index (κ3) is 5.57. The molecule has 0 spiro atoms. The van der Waals surface area contributed by atoms with Crippen LogP contribution < -0.4 is 0 Å². The van der Waals surface area contributed by atoms with Gasteiger partial charge in [-0.3, -0.25) is 0 Å². The highest BCUT2D eigenvalue weighted by atomic mass is 32.2. The lowest BCUT2D eigenvalue weighted by molar-refractivity contribution is 0.274. The largest absolute Gasteiger partial charge is 0.395 e. The predicted octanol–water partition coefficient (Wildman–Crippen LogP) is 2.54. The van der Waals surface area contributed by atoms with Gasteiger partial charge in [-0.2, -0.15) is 0 Å². The molecule has 0 radical (unpaired) electrons. The summed E-state index contributed by atoms with van der Waals surface area (Å²) in [6.45, 7) is 11.1. The first-order valence-corrected chi connectivity index (χ1v) is 5.03. The van der Waals surface area contributed by atoms with Gasteiger partial charge in [0.05, 0.1) is 6.61 Å². The number of rotatable bonds is 3. The van der Waals surface area contributed by atoms with E-state index in [1.165, 1.54) is 0 Å². The topological polar surface area (TPSA) is 20.2 Å². The Hall–Kier alpha value is 0.310. The first-order chi connectivity index (χ1) is 4.87. The standard InChI is InChI=1S/C9H20OS/c1-7(2)8(6-10)11-9(3,4)5/h7-8,10H,6H2,1-5H3/t8-/m1/s1. The zero-order valence-electron chi connectivity index (χ0n) is 8.22. The third-order valence-corrected chi connectivity index (χ3v) is 3.13. The lowest BCUT2D eigenvalue weighted by atomic mass is 10.1. The molecule has 0 aromatic rings. The van der Waals surface area contributed by atoms with Crippen molar-refractivity contribution in [3.8, 4) is 0 Å². The van der Waals surface area contributed by atoms with Gasteiger partial charge in [0.1, 0.15) is 0 Å². The quantitative estimate of drug-likeness (QED) is 0.713. The van der Waals surface area contributed by atoms with Crippen molar-refractivity contribution in [2.75, 3.05) is 6.61 Å². The van der Waals surface area contributed by atoms with Crippen LogP contribution in [0.4, 0.5) is 0 Å². The number of hydrogen-bond donors (Lipinski definition) is 1. The zero-order valence-corrected chi connectivity index (χ0v) is 9.03. The van der Waals surface area contributed by atoms with Gasteiger partial charge in [-0.25, -0.2) is 0 Å². The average molecular weight is 176 g/mol. The monoisotopic (exact) mass is 176 g/mol. The Morgan fingerprint density at radius 3 is 1.82 bits per heavy atom. The van der Waals surface area contributed by atoms with Crippen LogP contribution in [0, 0.1) is 5.92 Å². The fourth-order valence-electron chi connectivity index (χ4n) is 0.838. The molecule has 0 aromatic heterocycles. The molecule has 0 unspecified atom stereocenters. The molecule has 0 rings (SSSR count). The molecule has 0 aliphatic rings. The summed E-state index contributed by atoms with van der Waals surface area (Å²) in [5, 5.41) is 9.42. The van der Waals surface area contributed by atoms with Crippen molar-refractivity contribution in [2.45, 2.75) is 44.6 Å². The van der Waals surface area contributed by atoms with Crippen molar-refractivity contribution in [3.05, 3.63) is 0 Å². The van der Waals surface area contributed by atoms with Crippen molar-refractivity contribution in [2.24, 2.45) is 5.92 Å². The average Bonchev–Trinajstić information content (AvgIpc) is 1.80. The number of aliphatic hydroxyl groups is 1. The second-order valence-electron chi connectivity index (χ2n) is 4.20. The van der Waals surface area contributed by atoms with Crippen LogP contribution in [0.2, 0.25) is 0 Å². The third-order valence-electron chi connectivity index (χ3n) is 1.43. The van der Waals surface area contributed by atoms with E-state index >= 15 is 0 Å². The van der Waals surface area contributed by atoms with E-state index in [1.807, 2.05) is 11.8 Å². The van der Waals surface area contributed by atoms with E-state index in [-0.39, 0.29) is 4.75 Å². The number of hydrogen-bond acceptors (Lipinski definition) is 2. The van der Waals surface area contributed by atoms with Crippen LogP contribution in [0.25, 0.3) is 0 Å². The molecule has 0 aromatic carbocycles. The maximum absolute atomic E-state index is 9.04. The maximum Gasteiger partial charge on any atom is 0.0552 e. The summed E-state index contributed by atoms with van der Waals surface area (Å²) in [6, 6.07) is 0. The molecule has 1 nitrogen and oxygen atoms in total. The Balaban J connectivity index is 3.88. The van der Waals surface area contributed by atoms with Gasteiger partial charge in [0.2, 0.25) is 0 Å². The van der Waals surface area contributed by atoms with Crippen LogP contribution in [0.5, 0.6) is 0 Å². The van der Waals surface area contributed by atoms with Crippen molar-refractivity contribution in [1.29, 1.82) is 0 Å². The van der Waals surface area contributed by atoms with Crippen LogP contribution in [0.15, 0.2) is 0 Å². The summed E-state index contributed by atoms with van der Waals surface area (Å²) in [5.74, 6) is 0.559. The minimum absolute atomic E-state index is 0.262. The van der Waals surface area contributed by atoms with Gasteiger partial charge in [-0.15, -0.1) is 11.8 Å². The summed E-state index contributed by atoms with van der Waals surface area (Å²) in [7, 11) is 0. The highest BCUT2D eigenvalue weighted by molar-refractivity contribution is 8.01. The summed E-state index contributed by atoms with van der Waals surface area (Å²) in [4.78, 5) is 0. The molecule has 0 aliphatic heterocycles. The Bertz CT molecular complexity index is 105. The van der Waals surface area contributed by atoms with E-state index in [2.05, 4.69) is 34.6 Å². The smallest absolute Gasteiger partial charge is 0.0552 e. The minimum atomic E-state index is 0.262. The summed E-state index contributed by atoms with van der Waals surface area (Å²) in [6.07, 6.45) is 0. The molecule has 0 saturated heterocycles.